The zero-order valence-corrected chi connectivity index (χ0v) is 13.8. The molecule has 1 atom stereocenters. The third-order valence-electron chi connectivity index (χ3n) is 4.11. The van der Waals surface area contributed by atoms with E-state index in [9.17, 15) is 4.79 Å². The van der Waals surface area contributed by atoms with Crippen molar-refractivity contribution in [2.24, 2.45) is 0 Å². The Bertz CT molecular complexity index is 859. The number of piperazine rings is 1. The fraction of sp³-hybridized carbons (Fsp3) is 0.250. The third kappa shape index (κ3) is 2.63. The smallest absolute Gasteiger partial charge is 0.272 e. The molecule has 23 heavy (non-hydrogen) atoms. The maximum atomic E-state index is 13.1. The van der Waals surface area contributed by atoms with E-state index in [0.29, 0.717) is 17.3 Å². The average molecular weight is 347 g/mol. The summed E-state index contributed by atoms with van der Waals surface area (Å²) in [6, 6.07) is 7.70. The second-order valence-corrected chi connectivity index (χ2v) is 6.82. The van der Waals surface area contributed by atoms with Gasteiger partial charge in [-0.15, -0.1) is 11.3 Å². The Hall–Kier alpha value is -1.89. The van der Waals surface area contributed by atoms with Gasteiger partial charge in [0, 0.05) is 30.0 Å². The summed E-state index contributed by atoms with van der Waals surface area (Å²) in [5, 5.41) is 5.95. The number of carbonyl (C=O) groups is 1. The van der Waals surface area contributed by atoms with Crippen LogP contribution in [0.4, 0.5) is 0 Å². The summed E-state index contributed by atoms with van der Waals surface area (Å²) in [5.74, 6) is 0.0284. The van der Waals surface area contributed by atoms with Gasteiger partial charge in [0.05, 0.1) is 12.2 Å². The quantitative estimate of drug-likeness (QED) is 0.776. The molecule has 0 saturated carbocycles. The van der Waals surface area contributed by atoms with Gasteiger partial charge in [-0.3, -0.25) is 9.20 Å². The summed E-state index contributed by atoms with van der Waals surface area (Å²) < 4.78 is 1.85. The molecule has 0 radical (unpaired) electrons. The summed E-state index contributed by atoms with van der Waals surface area (Å²) in [4.78, 5) is 20.1. The van der Waals surface area contributed by atoms with E-state index in [0.717, 1.165) is 23.5 Å². The van der Waals surface area contributed by atoms with Crippen molar-refractivity contribution >= 4 is 33.7 Å². The van der Waals surface area contributed by atoms with Crippen molar-refractivity contribution in [2.45, 2.75) is 6.04 Å². The number of aromatic nitrogens is 2. The molecule has 1 aliphatic heterocycles. The third-order valence-corrected chi connectivity index (χ3v) is 5.23. The predicted molar refractivity (Wildman–Crippen MR) is 91.2 cm³/mol. The standard InChI is InChI=1S/C16H15ClN4OS/c17-12-3-1-2-11(6-12)13-7-18-4-5-20(13)16(22)14-9-23-15-8-19-10-21(14)15/h1-3,6,8-10,13,18H,4-5,7H2. The van der Waals surface area contributed by atoms with Crippen molar-refractivity contribution in [1.29, 1.82) is 0 Å². The topological polar surface area (TPSA) is 49.6 Å². The van der Waals surface area contributed by atoms with Crippen LogP contribution >= 0.6 is 22.9 Å². The molecule has 5 nitrogen and oxygen atoms in total. The van der Waals surface area contributed by atoms with E-state index < -0.39 is 0 Å². The van der Waals surface area contributed by atoms with Crippen LogP contribution in [0.25, 0.3) is 4.83 Å². The van der Waals surface area contributed by atoms with E-state index in [1.165, 1.54) is 11.3 Å². The summed E-state index contributed by atoms with van der Waals surface area (Å²) in [5.41, 5.74) is 1.71. The van der Waals surface area contributed by atoms with Gasteiger partial charge >= 0.3 is 0 Å². The number of nitrogens with one attached hydrogen (secondary N) is 1. The van der Waals surface area contributed by atoms with Crippen LogP contribution in [0.15, 0.2) is 42.2 Å². The monoisotopic (exact) mass is 346 g/mol. The number of carbonyl (C=O) groups excluding carboxylic acids is 1. The minimum absolute atomic E-state index is 0.0200. The molecule has 1 fully saturated rings. The maximum absolute atomic E-state index is 13.1. The molecule has 4 rings (SSSR count). The van der Waals surface area contributed by atoms with Crippen molar-refractivity contribution in [3.8, 4) is 0 Å². The minimum Gasteiger partial charge on any atom is -0.328 e. The summed E-state index contributed by atoms with van der Waals surface area (Å²) in [6.07, 6.45) is 3.46. The molecule has 7 heteroatoms. The van der Waals surface area contributed by atoms with Crippen molar-refractivity contribution in [2.75, 3.05) is 19.6 Å². The number of benzene rings is 1. The number of halogens is 1. The molecule has 1 aliphatic rings. The number of nitrogens with zero attached hydrogens (tertiary/aromatic N) is 3. The van der Waals surface area contributed by atoms with Crippen LogP contribution in [0.5, 0.6) is 0 Å². The molecule has 0 bridgehead atoms. The van der Waals surface area contributed by atoms with Gasteiger partial charge in [-0.2, -0.15) is 0 Å². The van der Waals surface area contributed by atoms with E-state index in [4.69, 9.17) is 11.6 Å². The molecule has 118 valence electrons. The van der Waals surface area contributed by atoms with Crippen LogP contribution in [-0.4, -0.2) is 39.8 Å². The zero-order valence-electron chi connectivity index (χ0n) is 12.3. The molecule has 2 aromatic heterocycles. The Labute approximate surface area is 142 Å². The Balaban J connectivity index is 1.70. The highest BCUT2D eigenvalue weighted by Gasteiger charge is 2.30. The van der Waals surface area contributed by atoms with Crippen molar-refractivity contribution < 1.29 is 4.79 Å². The highest BCUT2D eigenvalue weighted by molar-refractivity contribution is 7.15. The second kappa shape index (κ2) is 5.96. The molecule has 0 spiro atoms. The van der Waals surface area contributed by atoms with Crippen LogP contribution in [0.2, 0.25) is 5.02 Å². The zero-order chi connectivity index (χ0) is 15.8. The van der Waals surface area contributed by atoms with E-state index in [-0.39, 0.29) is 11.9 Å². The highest BCUT2D eigenvalue weighted by atomic mass is 35.5. The van der Waals surface area contributed by atoms with E-state index in [1.807, 2.05) is 38.9 Å². The first kappa shape index (κ1) is 14.7. The molecular formula is C16H15ClN4OS. The largest absolute Gasteiger partial charge is 0.328 e. The molecule has 0 aliphatic carbocycles. The Morgan fingerprint density at radius 1 is 1.43 bits per heavy atom. The Morgan fingerprint density at radius 2 is 2.35 bits per heavy atom. The average Bonchev–Trinajstić information content (AvgIpc) is 3.17. The highest BCUT2D eigenvalue weighted by Crippen LogP contribution is 2.27. The van der Waals surface area contributed by atoms with Gasteiger partial charge in [-0.25, -0.2) is 4.98 Å². The predicted octanol–water partition coefficient (Wildman–Crippen LogP) is 2.84. The number of amides is 1. The van der Waals surface area contributed by atoms with Gasteiger partial charge in [-0.05, 0) is 17.7 Å². The number of rotatable bonds is 2. The SMILES string of the molecule is O=C(c1csc2cncn12)N1CCNCC1c1cccc(Cl)c1. The molecule has 1 N–H and O–H groups in total. The summed E-state index contributed by atoms with van der Waals surface area (Å²) >= 11 is 7.65. The maximum Gasteiger partial charge on any atom is 0.272 e. The lowest BCUT2D eigenvalue weighted by Crippen LogP contribution is -2.48. The van der Waals surface area contributed by atoms with Crippen LogP contribution in [0.3, 0.4) is 0 Å². The molecule has 3 aromatic rings. The van der Waals surface area contributed by atoms with Gasteiger partial charge in [0.1, 0.15) is 16.9 Å². The first-order valence-corrected chi connectivity index (χ1v) is 8.66. The van der Waals surface area contributed by atoms with Crippen LogP contribution in [0.1, 0.15) is 22.1 Å². The fourth-order valence-corrected chi connectivity index (χ4v) is 4.01. The van der Waals surface area contributed by atoms with Crippen LogP contribution in [0, 0.1) is 0 Å². The first-order chi connectivity index (χ1) is 11.2. The lowest BCUT2D eigenvalue weighted by atomic mass is 10.0. The Kier molecular flexibility index (Phi) is 3.80. The normalized spacial score (nSPS) is 18.5. The van der Waals surface area contributed by atoms with Gasteiger partial charge in [0.2, 0.25) is 0 Å². The number of fused-ring (bicyclic) bond motifs is 1. The lowest BCUT2D eigenvalue weighted by Gasteiger charge is -2.36. The summed E-state index contributed by atoms with van der Waals surface area (Å²) in [7, 11) is 0. The first-order valence-electron chi connectivity index (χ1n) is 7.41. The molecule has 1 saturated heterocycles. The number of thiazole rings is 1. The molecule has 1 unspecified atom stereocenters. The summed E-state index contributed by atoms with van der Waals surface area (Å²) in [6.45, 7) is 2.19. The second-order valence-electron chi connectivity index (χ2n) is 5.50. The molecule has 1 amide bonds. The van der Waals surface area contributed by atoms with Crippen LogP contribution in [-0.2, 0) is 0 Å². The number of imidazole rings is 1. The fourth-order valence-electron chi connectivity index (χ4n) is 2.98. The van der Waals surface area contributed by atoms with Gasteiger partial charge in [-0.1, -0.05) is 23.7 Å². The lowest BCUT2D eigenvalue weighted by molar-refractivity contribution is 0.0627. The van der Waals surface area contributed by atoms with Crippen molar-refractivity contribution in [3.05, 3.63) is 58.4 Å². The van der Waals surface area contributed by atoms with E-state index in [2.05, 4.69) is 10.3 Å². The van der Waals surface area contributed by atoms with Gasteiger partial charge < -0.3 is 10.2 Å². The van der Waals surface area contributed by atoms with E-state index in [1.54, 1.807) is 12.5 Å². The Morgan fingerprint density at radius 3 is 3.22 bits per heavy atom. The molecule has 1 aromatic carbocycles. The van der Waals surface area contributed by atoms with Gasteiger partial charge in [0.15, 0.2) is 0 Å². The number of hydrogen-bond acceptors (Lipinski definition) is 4. The molecule has 3 heterocycles. The molecular weight excluding hydrogens is 332 g/mol. The number of hydrogen-bond donors (Lipinski definition) is 1. The van der Waals surface area contributed by atoms with Crippen molar-refractivity contribution in [3.63, 3.8) is 0 Å². The van der Waals surface area contributed by atoms with Crippen molar-refractivity contribution in [1.82, 2.24) is 19.6 Å². The van der Waals surface area contributed by atoms with Gasteiger partial charge in [0.25, 0.3) is 5.91 Å². The minimum atomic E-state index is -0.0200. The van der Waals surface area contributed by atoms with E-state index >= 15 is 0 Å². The van der Waals surface area contributed by atoms with Crippen LogP contribution < -0.4 is 5.32 Å².